The van der Waals surface area contributed by atoms with Gasteiger partial charge in [0.1, 0.15) is 47.3 Å². The molecule has 21 heteroatoms. The number of ether oxygens (including phenoxy) is 1. The summed E-state index contributed by atoms with van der Waals surface area (Å²) in [5.41, 5.74) is 9.27. The monoisotopic (exact) mass is 632 g/mol. The van der Waals surface area contributed by atoms with Crippen molar-refractivity contribution in [2.45, 2.75) is 47.1 Å². The van der Waals surface area contributed by atoms with E-state index < -0.39 is 72.4 Å². The molecule has 1 unspecified atom stereocenters. The Balaban J connectivity index is 1.25. The van der Waals surface area contributed by atoms with Crippen LogP contribution in [0.25, 0.3) is 22.2 Å². The fourth-order valence-corrected chi connectivity index (χ4v) is 9.87. The SMILES string of the molecule is Nc1nc2c(nnn2[C@@H]2S[C@H](CO)[C@@H](F)[C@H]2P(=O)(S)OC[C@H]2O[C@@H](n3ccc4c(N)ncnc43)C[C@@]2(O)F)c(=O)[nH]1. The van der Waals surface area contributed by atoms with E-state index >= 15 is 8.78 Å². The zero-order valence-corrected chi connectivity index (χ0v) is 23.3. The molecule has 2 saturated heterocycles. The lowest BCUT2D eigenvalue weighted by Crippen LogP contribution is -2.37. The maximum absolute atomic E-state index is 15.6. The summed E-state index contributed by atoms with van der Waals surface area (Å²) in [5, 5.41) is 26.1. The Kier molecular flexibility index (Phi) is 6.99. The zero-order chi connectivity index (χ0) is 29.3. The summed E-state index contributed by atoms with van der Waals surface area (Å²) in [6, 6.07) is 1.61. The molecule has 0 saturated carbocycles. The first-order chi connectivity index (χ1) is 19.4. The normalized spacial score (nSPS) is 31.7. The minimum atomic E-state index is -4.33. The van der Waals surface area contributed by atoms with Gasteiger partial charge in [0.05, 0.1) is 30.3 Å². The molecule has 0 spiro atoms. The number of nitrogens with zero attached hydrogens (tertiary/aromatic N) is 7. The van der Waals surface area contributed by atoms with Gasteiger partial charge in [-0.25, -0.2) is 23.4 Å². The molecule has 0 radical (unpaired) electrons. The van der Waals surface area contributed by atoms with Crippen molar-refractivity contribution in [2.24, 2.45) is 0 Å². The quantitative estimate of drug-likeness (QED) is 0.120. The van der Waals surface area contributed by atoms with E-state index in [2.05, 4.69) is 42.5 Å². The highest BCUT2D eigenvalue weighted by Crippen LogP contribution is 2.67. The molecule has 6 rings (SSSR count). The standard InChI is InChI=1S/C20H23F2N10O6PS2/c21-11-8(4-33)41-18(32-16-12(29-30-32)17(34)28-19(24)27-16)13(11)39(36,40)37-5-9-20(22,35)3-10(38-9)31-2-1-7-14(23)25-6-26-15(7)31/h1-2,6,8-11,13,18,33,35H,3-5H2,(H,36,40)(H2,23,25,26)(H3,24,27,28,34)/t8-,9-,10-,11-,13-,18-,20+,39?/m1/s1. The second-order valence-corrected chi connectivity index (χ2v) is 14.5. The van der Waals surface area contributed by atoms with E-state index in [1.165, 1.54) is 10.9 Å². The number of aliphatic hydroxyl groups excluding tert-OH is 1. The number of aromatic amines is 1. The highest BCUT2D eigenvalue weighted by atomic mass is 32.7. The molecule has 4 aromatic rings. The van der Waals surface area contributed by atoms with Crippen LogP contribution in [0.1, 0.15) is 18.0 Å². The highest BCUT2D eigenvalue weighted by Gasteiger charge is 2.56. The van der Waals surface area contributed by atoms with Crippen LogP contribution in [-0.2, 0) is 13.8 Å². The molecule has 220 valence electrons. The van der Waals surface area contributed by atoms with Crippen molar-refractivity contribution < 1.29 is 32.8 Å². The van der Waals surface area contributed by atoms with Gasteiger partial charge in [-0.15, -0.1) is 16.9 Å². The molecule has 4 aromatic heterocycles. The van der Waals surface area contributed by atoms with Crippen LogP contribution in [0.3, 0.4) is 0 Å². The van der Waals surface area contributed by atoms with Gasteiger partial charge in [0, 0.05) is 6.20 Å². The van der Waals surface area contributed by atoms with Crippen LogP contribution in [0.2, 0.25) is 0 Å². The average molecular weight is 633 g/mol. The molecule has 0 amide bonds. The van der Waals surface area contributed by atoms with Crippen molar-refractivity contribution in [2.75, 3.05) is 24.7 Å². The first-order valence-electron chi connectivity index (χ1n) is 12.0. The van der Waals surface area contributed by atoms with Gasteiger partial charge < -0.3 is 35.5 Å². The van der Waals surface area contributed by atoms with E-state index in [-0.39, 0.29) is 22.9 Å². The third-order valence-corrected chi connectivity index (χ3v) is 11.7. The number of hydrogen-bond donors (Lipinski definition) is 6. The molecule has 8 atom stereocenters. The van der Waals surface area contributed by atoms with E-state index in [0.717, 1.165) is 16.4 Å². The number of halogens is 2. The minimum Gasteiger partial charge on any atom is -0.395 e. The number of thioether (sulfide) groups is 1. The third-order valence-electron chi connectivity index (χ3n) is 6.98. The van der Waals surface area contributed by atoms with Gasteiger partial charge in [-0.3, -0.25) is 14.3 Å². The van der Waals surface area contributed by atoms with Crippen LogP contribution < -0.4 is 17.0 Å². The van der Waals surface area contributed by atoms with E-state index in [4.69, 9.17) is 20.7 Å². The third kappa shape index (κ3) is 4.76. The molecule has 2 aliphatic rings. The zero-order valence-electron chi connectivity index (χ0n) is 20.7. The number of nitrogens with one attached hydrogen (secondary N) is 1. The number of hydrogen-bond acceptors (Lipinski definition) is 14. The molecule has 2 fully saturated rings. The van der Waals surface area contributed by atoms with Crippen LogP contribution in [0, 0.1) is 0 Å². The maximum atomic E-state index is 15.6. The van der Waals surface area contributed by atoms with E-state index in [9.17, 15) is 19.6 Å². The summed E-state index contributed by atoms with van der Waals surface area (Å²) in [6.45, 7) is -5.73. The van der Waals surface area contributed by atoms with Gasteiger partial charge in [0.25, 0.3) is 12.1 Å². The van der Waals surface area contributed by atoms with Crippen molar-refractivity contribution in [3.05, 3.63) is 28.9 Å². The second kappa shape index (κ2) is 10.1. The van der Waals surface area contributed by atoms with Crippen LogP contribution in [0.15, 0.2) is 23.4 Å². The summed E-state index contributed by atoms with van der Waals surface area (Å²) in [7, 11) is 0. The number of aromatic nitrogens is 8. The van der Waals surface area contributed by atoms with Gasteiger partial charge in [0.15, 0.2) is 11.2 Å². The molecular formula is C20H23F2N10O6PS2. The Morgan fingerprint density at radius 2 is 2.15 bits per heavy atom. The van der Waals surface area contributed by atoms with Crippen molar-refractivity contribution in [1.82, 2.24) is 39.5 Å². The summed E-state index contributed by atoms with van der Waals surface area (Å²) >= 11 is 5.00. The number of anilines is 2. The summed E-state index contributed by atoms with van der Waals surface area (Å²) in [6.07, 6.45) is -2.38. The number of aliphatic hydroxyl groups is 2. The molecular weight excluding hydrogens is 609 g/mol. The summed E-state index contributed by atoms with van der Waals surface area (Å²) < 4.78 is 58.4. The van der Waals surface area contributed by atoms with Crippen molar-refractivity contribution in [3.8, 4) is 0 Å². The lowest BCUT2D eigenvalue weighted by Gasteiger charge is -2.28. The second-order valence-electron chi connectivity index (χ2n) is 9.52. The van der Waals surface area contributed by atoms with Crippen LogP contribution in [-0.4, -0.2) is 92.0 Å². The van der Waals surface area contributed by atoms with Crippen LogP contribution >= 0.6 is 30.6 Å². The minimum absolute atomic E-state index is 0.114. The lowest BCUT2D eigenvalue weighted by molar-refractivity contribution is -0.147. The predicted octanol–water partition coefficient (Wildman–Crippen LogP) is 0.522. The fraction of sp³-hybridized carbons (Fsp3) is 0.500. The number of fused-ring (bicyclic) bond motifs is 2. The van der Waals surface area contributed by atoms with Crippen molar-refractivity contribution >= 4 is 64.5 Å². The van der Waals surface area contributed by atoms with Crippen LogP contribution in [0.4, 0.5) is 20.5 Å². The van der Waals surface area contributed by atoms with Crippen molar-refractivity contribution in [3.63, 3.8) is 0 Å². The average Bonchev–Trinajstić information content (AvgIpc) is 3.66. The number of thiol groups is 1. The molecule has 0 aliphatic carbocycles. The molecule has 7 N–H and O–H groups in total. The molecule has 0 bridgehead atoms. The molecule has 2 aliphatic heterocycles. The number of alkyl halides is 2. The maximum Gasteiger partial charge on any atom is 0.282 e. The summed E-state index contributed by atoms with van der Waals surface area (Å²) in [4.78, 5) is 26.5. The molecule has 16 nitrogen and oxygen atoms in total. The number of H-pyrrole nitrogens is 1. The molecule has 41 heavy (non-hydrogen) atoms. The Morgan fingerprint density at radius 1 is 1.37 bits per heavy atom. The number of rotatable bonds is 7. The summed E-state index contributed by atoms with van der Waals surface area (Å²) in [5.74, 6) is -2.98. The lowest BCUT2D eigenvalue weighted by atomic mass is 10.1. The first-order valence-corrected chi connectivity index (χ1v) is 15.8. The topological polar surface area (TPSA) is 235 Å². The predicted molar refractivity (Wildman–Crippen MR) is 146 cm³/mol. The first kappa shape index (κ1) is 28.3. The molecule has 0 aromatic carbocycles. The van der Waals surface area contributed by atoms with Gasteiger partial charge in [-0.2, -0.15) is 4.98 Å². The smallest absolute Gasteiger partial charge is 0.282 e. The van der Waals surface area contributed by atoms with E-state index in [1.54, 1.807) is 12.3 Å². The van der Waals surface area contributed by atoms with Crippen molar-refractivity contribution in [1.29, 1.82) is 0 Å². The fourth-order valence-electron chi connectivity index (χ4n) is 4.96. The Bertz CT molecular complexity index is 1740. The molecule has 6 heterocycles. The largest absolute Gasteiger partial charge is 0.395 e. The highest BCUT2D eigenvalue weighted by molar-refractivity contribution is 8.46. The van der Waals surface area contributed by atoms with Gasteiger partial charge in [0.2, 0.25) is 11.8 Å². The van der Waals surface area contributed by atoms with Gasteiger partial charge in [-0.1, -0.05) is 17.5 Å². The number of nitrogens with two attached hydrogens (primary N) is 2. The van der Waals surface area contributed by atoms with E-state index in [1.807, 2.05) is 0 Å². The van der Waals surface area contributed by atoms with Crippen LogP contribution in [0.5, 0.6) is 0 Å². The Morgan fingerprint density at radius 3 is 2.90 bits per heavy atom. The Labute approximate surface area is 237 Å². The van der Waals surface area contributed by atoms with Gasteiger partial charge in [-0.05, 0) is 6.07 Å². The number of nitrogen functional groups attached to an aromatic ring is 2. The van der Waals surface area contributed by atoms with E-state index in [0.29, 0.717) is 11.0 Å². The Hall–Kier alpha value is -2.87. The van der Waals surface area contributed by atoms with Gasteiger partial charge >= 0.3 is 0 Å².